The fraction of sp³-hybridized carbons (Fsp3) is 1.00. The van der Waals surface area contributed by atoms with Crippen LogP contribution in [0.4, 0.5) is 0 Å². The van der Waals surface area contributed by atoms with E-state index < -0.39 is 0 Å². The van der Waals surface area contributed by atoms with Crippen molar-refractivity contribution in [2.75, 3.05) is 13.1 Å². The third-order valence-electron chi connectivity index (χ3n) is 5.18. The van der Waals surface area contributed by atoms with E-state index in [0.29, 0.717) is 0 Å². The standard InChI is InChI=1S/C16H32N2/c1-4-13(3)12-14(5-2)17-15-9-11-18-10-7-6-8-16(15)18/h13-17H,4-12H2,1-3H3. The summed E-state index contributed by atoms with van der Waals surface area (Å²) >= 11 is 0. The summed E-state index contributed by atoms with van der Waals surface area (Å²) in [7, 11) is 0. The van der Waals surface area contributed by atoms with Crippen molar-refractivity contribution in [2.45, 2.75) is 83.8 Å². The first-order chi connectivity index (χ1) is 8.74. The molecule has 0 radical (unpaired) electrons. The summed E-state index contributed by atoms with van der Waals surface area (Å²) in [4.78, 5) is 2.73. The molecule has 2 nitrogen and oxygen atoms in total. The summed E-state index contributed by atoms with van der Waals surface area (Å²) in [6, 6.07) is 2.37. The summed E-state index contributed by atoms with van der Waals surface area (Å²) in [5.41, 5.74) is 0. The lowest BCUT2D eigenvalue weighted by molar-refractivity contribution is 0.173. The van der Waals surface area contributed by atoms with Crippen LogP contribution in [-0.2, 0) is 0 Å². The maximum Gasteiger partial charge on any atom is 0.0249 e. The van der Waals surface area contributed by atoms with E-state index in [1.165, 1.54) is 58.0 Å². The molecule has 0 saturated carbocycles. The van der Waals surface area contributed by atoms with Gasteiger partial charge in [-0.15, -0.1) is 0 Å². The Hall–Kier alpha value is -0.0800. The summed E-state index contributed by atoms with van der Waals surface area (Å²) in [6.45, 7) is 9.74. The van der Waals surface area contributed by atoms with Crippen LogP contribution < -0.4 is 5.32 Å². The number of piperidine rings is 1. The van der Waals surface area contributed by atoms with Crippen molar-refractivity contribution in [3.63, 3.8) is 0 Å². The highest BCUT2D eigenvalue weighted by atomic mass is 15.2. The predicted octanol–water partition coefficient (Wildman–Crippen LogP) is 3.42. The first-order valence-corrected chi connectivity index (χ1v) is 8.24. The van der Waals surface area contributed by atoms with E-state index in [0.717, 1.165) is 24.0 Å². The van der Waals surface area contributed by atoms with Gasteiger partial charge in [0.1, 0.15) is 0 Å². The third kappa shape index (κ3) is 3.48. The molecule has 2 aliphatic rings. The van der Waals surface area contributed by atoms with Gasteiger partial charge in [-0.25, -0.2) is 0 Å². The molecule has 18 heavy (non-hydrogen) atoms. The molecule has 2 aliphatic heterocycles. The van der Waals surface area contributed by atoms with Gasteiger partial charge in [0, 0.05) is 24.7 Å². The first kappa shape index (κ1) is 14.3. The highest BCUT2D eigenvalue weighted by Crippen LogP contribution is 2.28. The fourth-order valence-electron chi connectivity index (χ4n) is 3.75. The van der Waals surface area contributed by atoms with Crippen molar-refractivity contribution in [3.05, 3.63) is 0 Å². The highest BCUT2D eigenvalue weighted by Gasteiger charge is 2.36. The topological polar surface area (TPSA) is 15.3 Å². The number of nitrogens with zero attached hydrogens (tertiary/aromatic N) is 1. The molecule has 0 bridgehead atoms. The molecule has 1 N–H and O–H groups in total. The average Bonchev–Trinajstić information content (AvgIpc) is 2.81. The second-order valence-corrected chi connectivity index (χ2v) is 6.52. The zero-order chi connectivity index (χ0) is 13.0. The van der Waals surface area contributed by atoms with E-state index in [-0.39, 0.29) is 0 Å². The van der Waals surface area contributed by atoms with Gasteiger partial charge in [-0.1, -0.05) is 33.6 Å². The maximum atomic E-state index is 3.99. The number of fused-ring (bicyclic) bond motifs is 1. The zero-order valence-electron chi connectivity index (χ0n) is 12.6. The minimum absolute atomic E-state index is 0.742. The molecule has 0 aromatic rings. The molecule has 2 heteroatoms. The molecule has 2 saturated heterocycles. The Kier molecular flexibility index (Phi) is 5.50. The number of nitrogens with one attached hydrogen (secondary N) is 1. The smallest absolute Gasteiger partial charge is 0.0249 e. The Morgan fingerprint density at radius 2 is 1.94 bits per heavy atom. The van der Waals surface area contributed by atoms with Crippen LogP contribution in [0.15, 0.2) is 0 Å². The van der Waals surface area contributed by atoms with Crippen molar-refractivity contribution in [3.8, 4) is 0 Å². The van der Waals surface area contributed by atoms with Crippen LogP contribution in [0.3, 0.4) is 0 Å². The second-order valence-electron chi connectivity index (χ2n) is 6.52. The minimum atomic E-state index is 0.742. The first-order valence-electron chi connectivity index (χ1n) is 8.24. The molecule has 0 amide bonds. The zero-order valence-corrected chi connectivity index (χ0v) is 12.6. The lowest BCUT2D eigenvalue weighted by atomic mass is 9.94. The molecular weight excluding hydrogens is 220 g/mol. The summed E-state index contributed by atoms with van der Waals surface area (Å²) in [5.74, 6) is 0.867. The Morgan fingerprint density at radius 3 is 2.67 bits per heavy atom. The second kappa shape index (κ2) is 6.91. The van der Waals surface area contributed by atoms with Gasteiger partial charge in [-0.05, 0) is 44.6 Å². The average molecular weight is 252 g/mol. The van der Waals surface area contributed by atoms with Gasteiger partial charge in [0.2, 0.25) is 0 Å². The number of hydrogen-bond acceptors (Lipinski definition) is 2. The van der Waals surface area contributed by atoms with E-state index in [1.54, 1.807) is 0 Å². The molecule has 2 fully saturated rings. The summed E-state index contributed by atoms with van der Waals surface area (Å²) in [6.07, 6.45) is 9.64. The lowest BCUT2D eigenvalue weighted by Gasteiger charge is -2.34. The molecule has 0 aromatic carbocycles. The molecule has 2 heterocycles. The molecule has 4 unspecified atom stereocenters. The molecular formula is C16H32N2. The Morgan fingerprint density at radius 1 is 1.11 bits per heavy atom. The largest absolute Gasteiger partial charge is 0.310 e. The van der Waals surface area contributed by atoms with Gasteiger partial charge >= 0.3 is 0 Å². The monoisotopic (exact) mass is 252 g/mol. The quantitative estimate of drug-likeness (QED) is 0.779. The Balaban J connectivity index is 1.83. The molecule has 0 aromatic heterocycles. The van der Waals surface area contributed by atoms with Crippen LogP contribution in [0.1, 0.15) is 65.7 Å². The highest BCUT2D eigenvalue weighted by molar-refractivity contribution is 4.95. The van der Waals surface area contributed by atoms with Crippen LogP contribution >= 0.6 is 0 Å². The van der Waals surface area contributed by atoms with Crippen LogP contribution in [0.5, 0.6) is 0 Å². The molecule has 4 atom stereocenters. The summed E-state index contributed by atoms with van der Waals surface area (Å²) < 4.78 is 0. The predicted molar refractivity (Wildman–Crippen MR) is 78.9 cm³/mol. The normalized spacial score (nSPS) is 32.2. The van der Waals surface area contributed by atoms with E-state index in [2.05, 4.69) is 31.0 Å². The van der Waals surface area contributed by atoms with Crippen molar-refractivity contribution in [1.82, 2.24) is 10.2 Å². The van der Waals surface area contributed by atoms with E-state index in [9.17, 15) is 0 Å². The fourth-order valence-corrected chi connectivity index (χ4v) is 3.75. The number of hydrogen-bond donors (Lipinski definition) is 1. The Labute approximate surface area is 114 Å². The summed E-state index contributed by atoms with van der Waals surface area (Å²) in [5, 5.41) is 3.99. The van der Waals surface area contributed by atoms with E-state index >= 15 is 0 Å². The maximum absolute atomic E-state index is 3.99. The minimum Gasteiger partial charge on any atom is -0.310 e. The molecule has 0 spiro atoms. The van der Waals surface area contributed by atoms with Gasteiger partial charge in [-0.2, -0.15) is 0 Å². The van der Waals surface area contributed by atoms with Gasteiger partial charge in [0.05, 0.1) is 0 Å². The van der Waals surface area contributed by atoms with E-state index in [4.69, 9.17) is 0 Å². The third-order valence-corrected chi connectivity index (χ3v) is 5.18. The van der Waals surface area contributed by atoms with Gasteiger partial charge in [-0.3, -0.25) is 4.90 Å². The van der Waals surface area contributed by atoms with Crippen molar-refractivity contribution in [2.24, 2.45) is 5.92 Å². The molecule has 2 rings (SSSR count). The SMILES string of the molecule is CCC(C)CC(CC)NC1CCN2CCCCC12. The van der Waals surface area contributed by atoms with Gasteiger partial charge < -0.3 is 5.32 Å². The van der Waals surface area contributed by atoms with Crippen LogP contribution in [0.25, 0.3) is 0 Å². The molecule has 106 valence electrons. The van der Waals surface area contributed by atoms with Crippen LogP contribution in [-0.4, -0.2) is 36.1 Å². The van der Waals surface area contributed by atoms with Crippen molar-refractivity contribution in [1.29, 1.82) is 0 Å². The van der Waals surface area contributed by atoms with Crippen molar-refractivity contribution >= 4 is 0 Å². The number of rotatable bonds is 6. The molecule has 0 aliphatic carbocycles. The van der Waals surface area contributed by atoms with Crippen molar-refractivity contribution < 1.29 is 0 Å². The Bertz CT molecular complexity index is 241. The van der Waals surface area contributed by atoms with Gasteiger partial charge in [0.15, 0.2) is 0 Å². The van der Waals surface area contributed by atoms with Crippen LogP contribution in [0, 0.1) is 5.92 Å². The van der Waals surface area contributed by atoms with Gasteiger partial charge in [0.25, 0.3) is 0 Å². The lowest BCUT2D eigenvalue weighted by Crippen LogP contribution is -2.48. The van der Waals surface area contributed by atoms with Crippen LogP contribution in [0.2, 0.25) is 0 Å². The van der Waals surface area contributed by atoms with E-state index in [1.807, 2.05) is 0 Å².